The van der Waals surface area contributed by atoms with Gasteiger partial charge in [0.25, 0.3) is 0 Å². The molecule has 19 heavy (non-hydrogen) atoms. The van der Waals surface area contributed by atoms with Gasteiger partial charge in [-0.3, -0.25) is 4.90 Å². The van der Waals surface area contributed by atoms with Gasteiger partial charge in [0.2, 0.25) is 0 Å². The van der Waals surface area contributed by atoms with Gasteiger partial charge in [-0.15, -0.1) is 0 Å². The monoisotopic (exact) mass is 263 g/mol. The van der Waals surface area contributed by atoms with Crippen molar-refractivity contribution >= 4 is 5.84 Å². The first-order chi connectivity index (χ1) is 9.20. The summed E-state index contributed by atoms with van der Waals surface area (Å²) in [6.07, 6.45) is 0.736. The van der Waals surface area contributed by atoms with Crippen LogP contribution in [0, 0.1) is 0 Å². The lowest BCUT2D eigenvalue weighted by atomic mass is 10.0. The average molecular weight is 263 g/mol. The van der Waals surface area contributed by atoms with Crippen LogP contribution < -0.4 is 5.73 Å². The predicted octanol–water partition coefficient (Wildman–Crippen LogP) is 1.58. The molecule has 104 valence electrons. The number of rotatable bonds is 4. The Kier molecular flexibility index (Phi) is 4.76. The summed E-state index contributed by atoms with van der Waals surface area (Å²) in [5.41, 5.74) is 6.88. The molecule has 0 aromatic heterocycles. The first-order valence-corrected chi connectivity index (χ1v) is 6.57. The summed E-state index contributed by atoms with van der Waals surface area (Å²) >= 11 is 0. The molecule has 5 nitrogen and oxygen atoms in total. The Morgan fingerprint density at radius 1 is 1.53 bits per heavy atom. The minimum absolute atomic E-state index is 0.128. The molecule has 1 saturated heterocycles. The highest BCUT2D eigenvalue weighted by Gasteiger charge is 2.26. The summed E-state index contributed by atoms with van der Waals surface area (Å²) in [5.74, 6) is 0.257. The summed E-state index contributed by atoms with van der Waals surface area (Å²) in [6, 6.07) is 10.3. The van der Waals surface area contributed by atoms with Crippen molar-refractivity contribution in [3.63, 3.8) is 0 Å². The van der Waals surface area contributed by atoms with Gasteiger partial charge in [-0.1, -0.05) is 35.5 Å². The van der Waals surface area contributed by atoms with E-state index in [1.54, 1.807) is 0 Å². The van der Waals surface area contributed by atoms with Crippen LogP contribution in [-0.2, 0) is 4.74 Å². The molecule has 1 aliphatic heterocycles. The van der Waals surface area contributed by atoms with E-state index in [0.29, 0.717) is 6.42 Å². The number of hydrogen-bond acceptors (Lipinski definition) is 4. The Bertz CT molecular complexity index is 422. The van der Waals surface area contributed by atoms with Crippen LogP contribution in [0.2, 0.25) is 0 Å². The maximum Gasteiger partial charge on any atom is 0.141 e. The zero-order valence-corrected chi connectivity index (χ0v) is 11.2. The van der Waals surface area contributed by atoms with Gasteiger partial charge in [0.1, 0.15) is 5.84 Å². The van der Waals surface area contributed by atoms with E-state index in [0.717, 1.165) is 19.7 Å². The van der Waals surface area contributed by atoms with E-state index >= 15 is 0 Å². The van der Waals surface area contributed by atoms with Crippen LogP contribution in [0.1, 0.15) is 24.9 Å². The second-order valence-electron chi connectivity index (χ2n) is 4.90. The summed E-state index contributed by atoms with van der Waals surface area (Å²) in [7, 11) is 0. The molecule has 1 aromatic carbocycles. The van der Waals surface area contributed by atoms with Gasteiger partial charge in [0, 0.05) is 25.6 Å². The van der Waals surface area contributed by atoms with Gasteiger partial charge in [-0.25, -0.2) is 0 Å². The molecule has 1 heterocycles. The van der Waals surface area contributed by atoms with Crippen molar-refractivity contribution in [2.75, 3.05) is 19.7 Å². The van der Waals surface area contributed by atoms with Crippen LogP contribution >= 0.6 is 0 Å². The number of oxime groups is 1. The quantitative estimate of drug-likeness (QED) is 0.374. The number of hydrogen-bond donors (Lipinski definition) is 2. The lowest BCUT2D eigenvalue weighted by Gasteiger charge is -2.37. The molecule has 0 bridgehead atoms. The van der Waals surface area contributed by atoms with Crippen molar-refractivity contribution < 1.29 is 9.94 Å². The summed E-state index contributed by atoms with van der Waals surface area (Å²) in [4.78, 5) is 2.33. The molecule has 5 heteroatoms. The molecule has 0 saturated carbocycles. The first-order valence-electron chi connectivity index (χ1n) is 6.57. The van der Waals surface area contributed by atoms with Gasteiger partial charge in [-0.2, -0.15) is 0 Å². The van der Waals surface area contributed by atoms with Crippen molar-refractivity contribution in [2.45, 2.75) is 25.5 Å². The van der Waals surface area contributed by atoms with Crippen LogP contribution in [0.4, 0.5) is 0 Å². The zero-order chi connectivity index (χ0) is 13.7. The Labute approximate surface area is 113 Å². The molecule has 2 atom stereocenters. The Morgan fingerprint density at radius 2 is 2.26 bits per heavy atom. The fourth-order valence-electron chi connectivity index (χ4n) is 2.50. The van der Waals surface area contributed by atoms with Gasteiger partial charge in [-0.05, 0) is 12.5 Å². The van der Waals surface area contributed by atoms with Crippen LogP contribution in [0.3, 0.4) is 0 Å². The van der Waals surface area contributed by atoms with Crippen LogP contribution in [0.5, 0.6) is 0 Å². The largest absolute Gasteiger partial charge is 0.409 e. The third kappa shape index (κ3) is 3.68. The normalized spacial score (nSPS) is 23.2. The third-order valence-electron chi connectivity index (χ3n) is 3.43. The highest BCUT2D eigenvalue weighted by Crippen LogP contribution is 2.26. The molecule has 1 aliphatic rings. The summed E-state index contributed by atoms with van der Waals surface area (Å²) in [5, 5.41) is 11.9. The number of nitrogens with two attached hydrogens (primary N) is 1. The lowest BCUT2D eigenvalue weighted by molar-refractivity contribution is -0.0337. The van der Waals surface area contributed by atoms with Crippen LogP contribution in [0.15, 0.2) is 35.5 Å². The Balaban J connectivity index is 2.18. The molecule has 2 rings (SSSR count). The van der Waals surface area contributed by atoms with Crippen molar-refractivity contribution in [1.29, 1.82) is 0 Å². The van der Waals surface area contributed by atoms with Gasteiger partial charge < -0.3 is 15.7 Å². The number of ether oxygens (including phenoxy) is 1. The minimum atomic E-state index is 0.128. The highest BCUT2D eigenvalue weighted by atomic mass is 16.5. The topological polar surface area (TPSA) is 71.1 Å². The molecule has 2 unspecified atom stereocenters. The van der Waals surface area contributed by atoms with E-state index in [2.05, 4.69) is 29.1 Å². The molecule has 1 fully saturated rings. The van der Waals surface area contributed by atoms with E-state index in [1.807, 2.05) is 18.2 Å². The molecule has 0 radical (unpaired) electrons. The molecular weight excluding hydrogens is 242 g/mol. The van der Waals surface area contributed by atoms with Crippen molar-refractivity contribution in [2.24, 2.45) is 10.9 Å². The Hall–Kier alpha value is -1.59. The van der Waals surface area contributed by atoms with Gasteiger partial charge >= 0.3 is 0 Å². The van der Waals surface area contributed by atoms with Gasteiger partial charge in [0.15, 0.2) is 0 Å². The van der Waals surface area contributed by atoms with Crippen LogP contribution in [-0.4, -0.2) is 41.7 Å². The van der Waals surface area contributed by atoms with E-state index in [1.165, 1.54) is 5.56 Å². The second-order valence-corrected chi connectivity index (χ2v) is 4.90. The molecule has 0 amide bonds. The van der Waals surface area contributed by atoms with E-state index in [4.69, 9.17) is 15.7 Å². The summed E-state index contributed by atoms with van der Waals surface area (Å²) in [6.45, 7) is 4.51. The Morgan fingerprint density at radius 3 is 2.89 bits per heavy atom. The lowest BCUT2D eigenvalue weighted by Crippen LogP contribution is -2.44. The smallest absolute Gasteiger partial charge is 0.141 e. The molecule has 0 aliphatic carbocycles. The number of morpholine rings is 1. The van der Waals surface area contributed by atoms with Gasteiger partial charge in [0.05, 0.1) is 12.7 Å². The fourth-order valence-corrected chi connectivity index (χ4v) is 2.50. The van der Waals surface area contributed by atoms with E-state index in [-0.39, 0.29) is 18.0 Å². The number of nitrogens with zero attached hydrogens (tertiary/aromatic N) is 2. The molecule has 1 aromatic rings. The minimum Gasteiger partial charge on any atom is -0.409 e. The van der Waals surface area contributed by atoms with E-state index in [9.17, 15) is 0 Å². The van der Waals surface area contributed by atoms with Crippen molar-refractivity contribution in [1.82, 2.24) is 4.90 Å². The van der Waals surface area contributed by atoms with E-state index < -0.39 is 0 Å². The fraction of sp³-hybridized carbons (Fsp3) is 0.500. The zero-order valence-electron chi connectivity index (χ0n) is 11.2. The summed E-state index contributed by atoms with van der Waals surface area (Å²) < 4.78 is 5.57. The van der Waals surface area contributed by atoms with Crippen molar-refractivity contribution in [3.05, 3.63) is 35.9 Å². The predicted molar refractivity (Wildman–Crippen MR) is 74.2 cm³/mol. The second kappa shape index (κ2) is 6.54. The molecule has 3 N–H and O–H groups in total. The van der Waals surface area contributed by atoms with Crippen LogP contribution in [0.25, 0.3) is 0 Å². The maximum absolute atomic E-state index is 8.80. The average Bonchev–Trinajstić information content (AvgIpc) is 2.45. The van der Waals surface area contributed by atoms with Crippen molar-refractivity contribution in [3.8, 4) is 0 Å². The molecule has 0 spiro atoms. The highest BCUT2D eigenvalue weighted by molar-refractivity contribution is 5.80. The number of benzene rings is 1. The SMILES string of the molecule is CC1CN(C(C/C(N)=N/O)c2ccccc2)CCO1. The molecular formula is C14H21N3O2. The standard InChI is InChI=1S/C14H21N3O2/c1-11-10-17(7-8-19-11)13(9-14(15)16-18)12-5-3-2-4-6-12/h2-6,11,13,18H,7-10H2,1H3,(H2,15,16). The third-order valence-corrected chi connectivity index (χ3v) is 3.43. The maximum atomic E-state index is 8.80. The number of amidine groups is 1. The first kappa shape index (κ1) is 13.8.